The maximum absolute atomic E-state index is 10.3. The second-order valence-electron chi connectivity index (χ2n) is 7.77. The van der Waals surface area contributed by atoms with Crippen LogP contribution in [0.5, 0.6) is 0 Å². The Hall–Kier alpha value is -0.0469. The molecule has 0 amide bonds. The van der Waals surface area contributed by atoms with Crippen molar-refractivity contribution < 1.29 is 35.0 Å². The largest absolute Gasteiger partial charge is 3.00 e. The molecule has 11 radical (unpaired) electrons. The Morgan fingerprint density at radius 2 is 1.06 bits per heavy atom. The van der Waals surface area contributed by atoms with Crippen molar-refractivity contribution in [3.8, 4) is 0 Å². The van der Waals surface area contributed by atoms with E-state index >= 15 is 0 Å². The van der Waals surface area contributed by atoms with Crippen LogP contribution in [0, 0.1) is 70.8 Å². The monoisotopic (exact) mass is 557 g/mol. The molecule has 0 aliphatic heterocycles. The molecule has 1 N–H and O–H groups in total. The zero-order valence-corrected chi connectivity index (χ0v) is 24.3. The fourth-order valence-corrected chi connectivity index (χ4v) is 3.23. The summed E-state index contributed by atoms with van der Waals surface area (Å²) < 4.78 is 18.8. The van der Waals surface area contributed by atoms with E-state index in [1.807, 2.05) is 64.2 Å². The number of hydrogen-bond acceptors (Lipinski definition) is 1. The molecule has 0 aromatic heterocycles. The van der Waals surface area contributed by atoms with E-state index in [-0.39, 0.29) is 26.2 Å². The van der Waals surface area contributed by atoms with Crippen molar-refractivity contribution in [2.45, 2.75) is 83.0 Å². The van der Waals surface area contributed by atoms with Crippen LogP contribution in [0.4, 0.5) is 0 Å². The second kappa shape index (κ2) is 29.2. The van der Waals surface area contributed by atoms with Gasteiger partial charge in [0.25, 0.3) is 0 Å². The first-order valence-corrected chi connectivity index (χ1v) is 13.3. The van der Waals surface area contributed by atoms with Gasteiger partial charge < -0.3 is 11.1 Å². The Morgan fingerprint density at radius 3 is 1.44 bits per heavy atom. The van der Waals surface area contributed by atoms with Gasteiger partial charge in [0.15, 0.2) is 11.1 Å². The fraction of sp³-hybridized carbons (Fsp3) is 0.400. The van der Waals surface area contributed by atoms with Crippen molar-refractivity contribution in [2.75, 3.05) is 0 Å². The van der Waals surface area contributed by atoms with Crippen LogP contribution in [-0.2, 0) is 37.3 Å². The van der Waals surface area contributed by atoms with Crippen LogP contribution >= 0.6 is 0 Å². The normalized spacial score (nSPS) is 14.8. The van der Waals surface area contributed by atoms with E-state index < -0.39 is 11.1 Å². The molecule has 1 unspecified atom stereocenters. The molecule has 2 aliphatic rings. The van der Waals surface area contributed by atoms with Crippen molar-refractivity contribution in [3.63, 3.8) is 0 Å². The Balaban J connectivity index is 0. The topological polar surface area (TPSA) is 37.3 Å². The first-order valence-electron chi connectivity index (χ1n) is 12.2. The molecule has 2 aliphatic carbocycles. The van der Waals surface area contributed by atoms with Crippen LogP contribution in [0.2, 0.25) is 0 Å². The molecule has 2 saturated carbocycles. The van der Waals surface area contributed by atoms with Gasteiger partial charge in [0, 0.05) is 0 Å². The molecule has 1 aromatic carbocycles. The van der Waals surface area contributed by atoms with E-state index in [2.05, 4.69) is 13.8 Å². The summed E-state index contributed by atoms with van der Waals surface area (Å²) in [5, 5.41) is 0. The number of rotatable bonds is 11. The maximum Gasteiger partial charge on any atom is 3.00 e. The van der Waals surface area contributed by atoms with Crippen molar-refractivity contribution >= 4 is 11.1 Å². The van der Waals surface area contributed by atoms with Gasteiger partial charge in [-0.05, 0) is 76.3 Å². The Kier molecular flexibility index (Phi) is 31.0. The van der Waals surface area contributed by atoms with E-state index in [0.29, 0.717) is 4.90 Å². The average Bonchev–Trinajstić information content (AvgIpc) is 3.60. The molecule has 0 heterocycles. The summed E-state index contributed by atoms with van der Waals surface area (Å²) in [6, 6.07) is 8.47. The van der Waals surface area contributed by atoms with Crippen LogP contribution < -0.4 is 0 Å². The smallest absolute Gasteiger partial charge is 0.514 e. The maximum atomic E-state index is 10.3. The van der Waals surface area contributed by atoms with Gasteiger partial charge in [-0.25, -0.2) is 4.21 Å². The summed E-state index contributed by atoms with van der Waals surface area (Å²) in [6.07, 6.45) is 33.0. The van der Waals surface area contributed by atoms with Gasteiger partial charge in [-0.15, -0.1) is 0 Å². The van der Waals surface area contributed by atoms with Crippen molar-refractivity contribution in [3.05, 3.63) is 107 Å². The number of allylic oxidation sites excluding steroid dienone is 1. The molecular formula is C30H43O2SZr+2. The Labute approximate surface area is 234 Å². The molecule has 0 spiro atoms. The minimum Gasteiger partial charge on any atom is -0.514 e. The molecule has 183 valence electrons. The predicted molar refractivity (Wildman–Crippen MR) is 144 cm³/mol. The quantitative estimate of drug-likeness (QED) is 0.168. The minimum absolute atomic E-state index is 0. The number of unbranched alkanes of at least 4 members (excludes halogenated alkanes) is 6. The van der Waals surface area contributed by atoms with Gasteiger partial charge in [-0.1, -0.05) is 96.3 Å². The fourth-order valence-electron chi connectivity index (χ4n) is 2.84. The number of hydrogen-bond donors (Lipinski definition) is 1. The van der Waals surface area contributed by atoms with E-state index in [9.17, 15) is 4.21 Å². The van der Waals surface area contributed by atoms with Gasteiger partial charge in [-0.3, -0.25) is 5.57 Å². The summed E-state index contributed by atoms with van der Waals surface area (Å²) in [5.41, 5.74) is 1.22. The van der Waals surface area contributed by atoms with Crippen molar-refractivity contribution in [2.24, 2.45) is 0 Å². The molecule has 1 atom stereocenters. The first-order chi connectivity index (χ1) is 16.1. The molecule has 0 bridgehead atoms. The van der Waals surface area contributed by atoms with Crippen LogP contribution in [0.1, 0.15) is 78.1 Å². The summed E-state index contributed by atoms with van der Waals surface area (Å²) in [4.78, 5) is 0.442. The molecule has 2 nitrogen and oxygen atoms in total. The summed E-state index contributed by atoms with van der Waals surface area (Å²) >= 11 is -1.83. The van der Waals surface area contributed by atoms with Gasteiger partial charge in [0.2, 0.25) is 0 Å². The molecular weight excluding hydrogens is 516 g/mol. The zero-order valence-electron chi connectivity index (χ0n) is 21.1. The van der Waals surface area contributed by atoms with Crippen LogP contribution in [0.25, 0.3) is 0 Å². The van der Waals surface area contributed by atoms with Gasteiger partial charge >= 0.3 is 26.2 Å². The third-order valence-corrected chi connectivity index (χ3v) is 5.43. The van der Waals surface area contributed by atoms with Crippen LogP contribution in [0.3, 0.4) is 0 Å². The van der Waals surface area contributed by atoms with E-state index in [4.69, 9.17) is 11.1 Å². The third kappa shape index (κ3) is 26.6. The average molecular weight is 559 g/mol. The SMILES string of the molecule is O=S(O)c1ccccc1.[CH-]=C(CCCC)CCCCCCCC.[CH]1[CH][CH][CH][CH]1.[CH]1[CH][CH][CH][CH]1.[Zr+3]. The van der Waals surface area contributed by atoms with Gasteiger partial charge in [0.1, 0.15) is 0 Å². The third-order valence-electron chi connectivity index (χ3n) is 4.76. The number of benzene rings is 1. The van der Waals surface area contributed by atoms with E-state index in [1.54, 1.807) is 30.3 Å². The Morgan fingerprint density at radius 1 is 0.676 bits per heavy atom. The van der Waals surface area contributed by atoms with Crippen molar-refractivity contribution in [1.82, 2.24) is 0 Å². The summed E-state index contributed by atoms with van der Waals surface area (Å²) in [5.74, 6) is 0. The standard InChI is InChI=1S/C14H27.C6H6O2S.2C5H5.Zr/c1-4-6-8-9-10-11-13-14(3)12-7-5-2;7-9(8)6-4-2-1-3-5-6;2*1-2-4-5-3-1;/h3H,4-13H2,1-2H3;1-5H,(H,7,8);2*1-5H;/q-1;;;;+3. The van der Waals surface area contributed by atoms with Crippen molar-refractivity contribution in [1.29, 1.82) is 0 Å². The van der Waals surface area contributed by atoms with E-state index in [0.717, 1.165) is 12.8 Å². The summed E-state index contributed by atoms with van der Waals surface area (Å²) in [7, 11) is 0. The predicted octanol–water partition coefficient (Wildman–Crippen LogP) is 8.59. The van der Waals surface area contributed by atoms with Gasteiger partial charge in [0.05, 0.1) is 4.90 Å². The molecule has 3 rings (SSSR count). The molecule has 0 saturated heterocycles. The molecule has 2 fully saturated rings. The van der Waals surface area contributed by atoms with Gasteiger partial charge in [-0.2, -0.15) is 0 Å². The Bertz CT molecular complexity index is 529. The summed E-state index contributed by atoms with van der Waals surface area (Å²) in [6.45, 7) is 10.4. The first kappa shape index (κ1) is 36.1. The van der Waals surface area contributed by atoms with Crippen LogP contribution in [-0.4, -0.2) is 8.76 Å². The zero-order chi connectivity index (χ0) is 24.4. The molecule has 4 heteroatoms. The minimum atomic E-state index is -1.83. The van der Waals surface area contributed by atoms with Crippen LogP contribution in [0.15, 0.2) is 40.8 Å². The van der Waals surface area contributed by atoms with E-state index in [1.165, 1.54) is 56.9 Å². The second-order valence-corrected chi connectivity index (χ2v) is 8.74. The molecule has 1 aromatic rings. The molecule has 34 heavy (non-hydrogen) atoms.